The van der Waals surface area contributed by atoms with E-state index in [1.807, 2.05) is 6.07 Å². The molecule has 0 saturated carbocycles. The molecule has 4 heterocycles. The highest BCUT2D eigenvalue weighted by atomic mass is 16.5. The fourth-order valence-corrected chi connectivity index (χ4v) is 5.38. The molecule has 2 aromatic carbocycles. The Hall–Kier alpha value is -3.97. The molecule has 0 aliphatic carbocycles. The van der Waals surface area contributed by atoms with Crippen LogP contribution in [0.4, 0.5) is 5.82 Å². The summed E-state index contributed by atoms with van der Waals surface area (Å²) in [4.78, 5) is 4.74. The van der Waals surface area contributed by atoms with Gasteiger partial charge in [0, 0.05) is 42.6 Å². The van der Waals surface area contributed by atoms with Crippen molar-refractivity contribution in [3.8, 4) is 11.3 Å². The minimum absolute atomic E-state index is 0.0595. The Morgan fingerprint density at radius 3 is 2.47 bits per heavy atom. The van der Waals surface area contributed by atoms with Gasteiger partial charge in [-0.2, -0.15) is 5.10 Å². The number of anilines is 1. The second-order valence-electron chi connectivity index (χ2n) is 9.92. The molecule has 1 N–H and O–H groups in total. The van der Waals surface area contributed by atoms with Crippen molar-refractivity contribution in [2.75, 3.05) is 38.7 Å². The summed E-state index contributed by atoms with van der Waals surface area (Å²) >= 11 is 0. The van der Waals surface area contributed by atoms with Gasteiger partial charge in [0.25, 0.3) is 0 Å². The molecular weight excluding hydrogens is 474 g/mol. The summed E-state index contributed by atoms with van der Waals surface area (Å²) in [5.41, 5.74) is 5.62. The number of benzene rings is 2. The minimum atomic E-state index is -0.0595. The maximum atomic E-state index is 5.80. The lowest BCUT2D eigenvalue weighted by molar-refractivity contribution is 0.0607. The maximum absolute atomic E-state index is 5.80. The molecule has 7 nitrogen and oxygen atoms in total. The first kappa shape index (κ1) is 24.4. The van der Waals surface area contributed by atoms with Crippen LogP contribution in [0.1, 0.15) is 25.0 Å². The Labute approximate surface area is 224 Å². The number of ether oxygens (including phenoxy) is 2. The van der Waals surface area contributed by atoms with Crippen molar-refractivity contribution in [1.82, 2.24) is 19.6 Å². The zero-order valence-corrected chi connectivity index (χ0v) is 22.3. The van der Waals surface area contributed by atoms with Crippen molar-refractivity contribution in [2.45, 2.75) is 32.5 Å². The van der Waals surface area contributed by atoms with Gasteiger partial charge in [-0.15, -0.1) is 0 Å². The predicted octanol–water partition coefficient (Wildman–Crippen LogP) is 5.27. The fraction of sp³-hybridized carbons (Fsp3) is 0.323. The van der Waals surface area contributed by atoms with E-state index in [-0.39, 0.29) is 12.2 Å². The van der Waals surface area contributed by atoms with Crippen LogP contribution >= 0.6 is 0 Å². The summed E-state index contributed by atoms with van der Waals surface area (Å²) in [6.07, 6.45) is 7.67. The van der Waals surface area contributed by atoms with E-state index in [0.717, 1.165) is 72.5 Å². The molecule has 3 aliphatic heterocycles. The number of fused-ring (bicyclic) bond motifs is 1. The number of hydrogen-bond acceptors (Lipinski definition) is 6. The molecule has 0 bridgehead atoms. The molecule has 3 aliphatic rings. The van der Waals surface area contributed by atoms with Crippen LogP contribution in [-0.4, -0.2) is 65.2 Å². The van der Waals surface area contributed by atoms with E-state index in [1.54, 1.807) is 7.11 Å². The van der Waals surface area contributed by atoms with Crippen LogP contribution in [0.3, 0.4) is 0 Å². The van der Waals surface area contributed by atoms with Gasteiger partial charge in [-0.1, -0.05) is 61.5 Å². The molecule has 196 valence electrons. The van der Waals surface area contributed by atoms with Crippen molar-refractivity contribution >= 4 is 17.2 Å². The number of hydrogen-bond donors (Lipinski definition) is 1. The van der Waals surface area contributed by atoms with E-state index < -0.39 is 0 Å². The van der Waals surface area contributed by atoms with E-state index in [2.05, 4.69) is 107 Å². The molecule has 2 unspecified atom stereocenters. The molecule has 0 spiro atoms. The zero-order valence-electron chi connectivity index (χ0n) is 22.3. The van der Waals surface area contributed by atoms with E-state index in [9.17, 15) is 0 Å². The third-order valence-electron chi connectivity index (χ3n) is 7.55. The second-order valence-corrected chi connectivity index (χ2v) is 9.92. The van der Waals surface area contributed by atoms with E-state index in [1.165, 1.54) is 5.56 Å². The van der Waals surface area contributed by atoms with Gasteiger partial charge in [0.2, 0.25) is 0 Å². The molecular formula is C31H35N5O2. The number of aromatic nitrogens is 2. The highest BCUT2D eigenvalue weighted by molar-refractivity contribution is 5.78. The van der Waals surface area contributed by atoms with Gasteiger partial charge in [0.1, 0.15) is 23.6 Å². The molecule has 1 fully saturated rings. The highest BCUT2D eigenvalue weighted by Gasteiger charge is 2.32. The lowest BCUT2D eigenvalue weighted by Crippen LogP contribution is -2.47. The fourth-order valence-electron chi connectivity index (χ4n) is 5.38. The number of aryl methyl sites for hydroxylation is 1. The Morgan fingerprint density at radius 1 is 1.00 bits per heavy atom. The zero-order chi connectivity index (χ0) is 26.1. The van der Waals surface area contributed by atoms with Crippen molar-refractivity contribution in [3.05, 3.63) is 95.9 Å². The van der Waals surface area contributed by atoms with Crippen LogP contribution < -0.4 is 5.32 Å². The Kier molecular flexibility index (Phi) is 6.68. The van der Waals surface area contributed by atoms with Crippen LogP contribution in [0.5, 0.6) is 0 Å². The summed E-state index contributed by atoms with van der Waals surface area (Å²) in [5.74, 6) is 2.97. The number of nitrogens with one attached hydrogen (secondary N) is 1. The van der Waals surface area contributed by atoms with Crippen LogP contribution in [-0.2, 0) is 15.9 Å². The number of allylic oxidation sites excluding steroid dienone is 1. The van der Waals surface area contributed by atoms with Crippen LogP contribution in [0.15, 0.2) is 84.8 Å². The number of methoxy groups -OCH3 is 1. The first-order valence-corrected chi connectivity index (χ1v) is 13.5. The van der Waals surface area contributed by atoms with Gasteiger partial charge < -0.3 is 24.6 Å². The third-order valence-corrected chi connectivity index (χ3v) is 7.55. The summed E-state index contributed by atoms with van der Waals surface area (Å²) in [7, 11) is 1.74. The molecule has 2 atom stereocenters. The van der Waals surface area contributed by atoms with Crippen LogP contribution in [0.2, 0.25) is 0 Å². The van der Waals surface area contributed by atoms with Gasteiger partial charge >= 0.3 is 0 Å². The van der Waals surface area contributed by atoms with Crippen molar-refractivity contribution in [2.24, 2.45) is 0 Å². The standard InChI is InChI=1S/C31H35N5O2/c1-4-23-10-12-25(13-11-23)27-19-30-32-29(20-31(36(30)33-27)34-14-16-38-17-15-34)35-21-26(24-8-6-5-7-9-24)28(37-3)18-22(35)2/h5-13,18-22,29,32H,4,14-17H2,1-3H3. The summed E-state index contributed by atoms with van der Waals surface area (Å²) in [6, 6.07) is 21.4. The first-order valence-electron chi connectivity index (χ1n) is 13.5. The topological polar surface area (TPSA) is 54.8 Å². The molecule has 7 heteroatoms. The third kappa shape index (κ3) is 4.58. The van der Waals surface area contributed by atoms with Gasteiger partial charge in [-0.05, 0) is 30.5 Å². The van der Waals surface area contributed by atoms with Gasteiger partial charge in [0.05, 0.1) is 32.1 Å². The van der Waals surface area contributed by atoms with Crippen molar-refractivity contribution in [1.29, 1.82) is 0 Å². The SMILES string of the molecule is CCc1ccc(-c2cc3n(n2)C(N2CCOCC2)=CC(N2C=C(c4ccccc4)C(OC)=CC2C)N3)cc1. The Morgan fingerprint density at radius 2 is 1.76 bits per heavy atom. The summed E-state index contributed by atoms with van der Waals surface area (Å²) < 4.78 is 13.5. The molecule has 1 aromatic heterocycles. The van der Waals surface area contributed by atoms with Crippen LogP contribution in [0, 0.1) is 0 Å². The van der Waals surface area contributed by atoms with Crippen molar-refractivity contribution < 1.29 is 9.47 Å². The smallest absolute Gasteiger partial charge is 0.133 e. The van der Waals surface area contributed by atoms with E-state index in [0.29, 0.717) is 0 Å². The van der Waals surface area contributed by atoms with E-state index in [4.69, 9.17) is 14.6 Å². The lowest BCUT2D eigenvalue weighted by atomic mass is 9.99. The number of morpholine rings is 1. The van der Waals surface area contributed by atoms with Crippen LogP contribution in [0.25, 0.3) is 22.7 Å². The molecule has 0 radical (unpaired) electrons. The minimum Gasteiger partial charge on any atom is -0.496 e. The predicted molar refractivity (Wildman–Crippen MR) is 152 cm³/mol. The maximum Gasteiger partial charge on any atom is 0.133 e. The normalized spacial score (nSPS) is 21.2. The van der Waals surface area contributed by atoms with Crippen molar-refractivity contribution in [3.63, 3.8) is 0 Å². The highest BCUT2D eigenvalue weighted by Crippen LogP contribution is 2.35. The molecule has 3 aromatic rings. The summed E-state index contributed by atoms with van der Waals surface area (Å²) in [5, 5.41) is 8.82. The molecule has 1 saturated heterocycles. The lowest BCUT2D eigenvalue weighted by Gasteiger charge is -2.41. The number of nitrogens with zero attached hydrogens (tertiary/aromatic N) is 4. The quantitative estimate of drug-likeness (QED) is 0.489. The van der Waals surface area contributed by atoms with Gasteiger partial charge in [-0.3, -0.25) is 0 Å². The van der Waals surface area contributed by atoms with E-state index >= 15 is 0 Å². The Balaban J connectivity index is 1.39. The monoisotopic (exact) mass is 509 g/mol. The molecule has 6 rings (SSSR count). The molecule has 0 amide bonds. The molecule has 38 heavy (non-hydrogen) atoms. The largest absolute Gasteiger partial charge is 0.496 e. The number of rotatable bonds is 6. The summed E-state index contributed by atoms with van der Waals surface area (Å²) in [6.45, 7) is 7.50. The average molecular weight is 510 g/mol. The average Bonchev–Trinajstić information content (AvgIpc) is 3.42. The van der Waals surface area contributed by atoms with Gasteiger partial charge in [-0.25, -0.2) is 4.68 Å². The first-order chi connectivity index (χ1) is 18.6. The second kappa shape index (κ2) is 10.4. The Bertz CT molecular complexity index is 1370. The van der Waals surface area contributed by atoms with Gasteiger partial charge in [0.15, 0.2) is 0 Å².